The fourth-order valence-corrected chi connectivity index (χ4v) is 2.08. The van der Waals surface area contributed by atoms with Gasteiger partial charge in [0, 0.05) is 36.5 Å². The number of rotatable bonds is 6. The van der Waals surface area contributed by atoms with Crippen LogP contribution in [0.4, 0.5) is 5.69 Å². The molecule has 0 saturated heterocycles. The zero-order chi connectivity index (χ0) is 17.4. The molecule has 6 heteroatoms. The molecule has 124 valence electrons. The molecule has 2 rings (SSSR count). The third-order valence-corrected chi connectivity index (χ3v) is 3.32. The van der Waals surface area contributed by atoms with Crippen molar-refractivity contribution in [3.05, 3.63) is 59.4 Å². The van der Waals surface area contributed by atoms with Gasteiger partial charge in [-0.1, -0.05) is 23.8 Å². The van der Waals surface area contributed by atoms with E-state index in [1.807, 2.05) is 38.1 Å². The van der Waals surface area contributed by atoms with Gasteiger partial charge in [0.1, 0.15) is 0 Å². The van der Waals surface area contributed by atoms with Crippen molar-refractivity contribution in [2.75, 3.05) is 5.32 Å². The summed E-state index contributed by atoms with van der Waals surface area (Å²) in [5.41, 5.74) is 6.07. The Morgan fingerprint density at radius 3 is 2.67 bits per heavy atom. The first-order valence-corrected chi connectivity index (χ1v) is 7.63. The first-order chi connectivity index (χ1) is 11.5. The molecular formula is C18H20N4O2. The molecule has 1 aromatic heterocycles. The predicted molar refractivity (Wildman–Crippen MR) is 93.8 cm³/mol. The number of anilines is 1. The summed E-state index contributed by atoms with van der Waals surface area (Å²) in [7, 11) is 0. The van der Waals surface area contributed by atoms with E-state index in [2.05, 4.69) is 20.8 Å². The van der Waals surface area contributed by atoms with Gasteiger partial charge in [-0.2, -0.15) is 5.10 Å². The number of nitrogens with one attached hydrogen (secondary N) is 2. The number of amides is 2. The summed E-state index contributed by atoms with van der Waals surface area (Å²) in [6.07, 6.45) is 4.96. The molecule has 0 radical (unpaired) electrons. The van der Waals surface area contributed by atoms with Crippen molar-refractivity contribution >= 4 is 23.7 Å². The third-order valence-electron chi connectivity index (χ3n) is 3.32. The van der Waals surface area contributed by atoms with Gasteiger partial charge in [0.05, 0.1) is 6.21 Å². The molecule has 1 aromatic carbocycles. The van der Waals surface area contributed by atoms with Crippen molar-refractivity contribution in [1.82, 2.24) is 10.4 Å². The Bertz CT molecular complexity index is 742. The lowest BCUT2D eigenvalue weighted by Crippen LogP contribution is -2.20. The maximum atomic E-state index is 11.9. The maximum absolute atomic E-state index is 11.9. The fourth-order valence-electron chi connectivity index (χ4n) is 2.08. The summed E-state index contributed by atoms with van der Waals surface area (Å²) in [6.45, 7) is 3.93. The molecule has 0 saturated carbocycles. The molecule has 0 aliphatic carbocycles. The van der Waals surface area contributed by atoms with Gasteiger partial charge in [-0.05, 0) is 31.5 Å². The predicted octanol–water partition coefficient (Wildman–Crippen LogP) is 2.57. The maximum Gasteiger partial charge on any atom is 0.240 e. The van der Waals surface area contributed by atoms with Crippen molar-refractivity contribution in [2.24, 2.45) is 5.10 Å². The van der Waals surface area contributed by atoms with Crippen LogP contribution in [0.2, 0.25) is 0 Å². The lowest BCUT2D eigenvalue weighted by Gasteiger charge is -2.08. The highest BCUT2D eigenvalue weighted by Crippen LogP contribution is 2.16. The van der Waals surface area contributed by atoms with E-state index in [0.29, 0.717) is 0 Å². The zero-order valence-corrected chi connectivity index (χ0v) is 13.7. The highest BCUT2D eigenvalue weighted by atomic mass is 16.2. The Hall–Kier alpha value is -3.02. The van der Waals surface area contributed by atoms with Crippen LogP contribution in [0, 0.1) is 13.8 Å². The summed E-state index contributed by atoms with van der Waals surface area (Å²) in [5, 5.41) is 6.64. The topological polar surface area (TPSA) is 83.5 Å². The number of hydrogen-bond donors (Lipinski definition) is 2. The highest BCUT2D eigenvalue weighted by Gasteiger charge is 2.08. The standard InChI is InChI=1S/C18H20N4O2/c1-13-5-6-16(14(2)10-13)21-17(23)7-8-18(24)22-20-12-15-4-3-9-19-11-15/h3-6,9-12H,7-8H2,1-2H3,(H,21,23)(H,22,24). The minimum atomic E-state index is -0.314. The van der Waals surface area contributed by atoms with Gasteiger partial charge in [0.15, 0.2) is 0 Å². The molecule has 24 heavy (non-hydrogen) atoms. The van der Waals surface area contributed by atoms with Crippen molar-refractivity contribution < 1.29 is 9.59 Å². The van der Waals surface area contributed by atoms with Gasteiger partial charge in [0.25, 0.3) is 0 Å². The number of nitrogens with zero attached hydrogens (tertiary/aromatic N) is 2. The summed E-state index contributed by atoms with van der Waals surface area (Å²) in [4.78, 5) is 27.5. The SMILES string of the molecule is Cc1ccc(NC(=O)CCC(=O)NN=Cc2cccnc2)c(C)c1. The number of hydrogen-bond acceptors (Lipinski definition) is 4. The summed E-state index contributed by atoms with van der Waals surface area (Å²) in [5.74, 6) is -0.515. The van der Waals surface area contributed by atoms with Crippen LogP contribution < -0.4 is 10.7 Å². The van der Waals surface area contributed by atoms with Crippen LogP contribution in [0.15, 0.2) is 47.8 Å². The molecule has 0 atom stereocenters. The van der Waals surface area contributed by atoms with Crippen LogP contribution in [-0.2, 0) is 9.59 Å². The van der Waals surface area contributed by atoms with E-state index in [0.717, 1.165) is 22.4 Å². The number of carbonyl (C=O) groups is 2. The van der Waals surface area contributed by atoms with Crippen molar-refractivity contribution in [2.45, 2.75) is 26.7 Å². The van der Waals surface area contributed by atoms with E-state index < -0.39 is 0 Å². The van der Waals surface area contributed by atoms with Crippen molar-refractivity contribution in [3.8, 4) is 0 Å². The quantitative estimate of drug-likeness (QED) is 0.633. The molecule has 1 heterocycles. The average Bonchev–Trinajstić information content (AvgIpc) is 2.56. The minimum absolute atomic E-state index is 0.0706. The molecule has 0 fully saturated rings. The smallest absolute Gasteiger partial charge is 0.240 e. The minimum Gasteiger partial charge on any atom is -0.326 e. The molecule has 2 amide bonds. The van der Waals surface area contributed by atoms with Gasteiger partial charge in [0.2, 0.25) is 11.8 Å². The molecule has 2 aromatic rings. The first-order valence-electron chi connectivity index (χ1n) is 7.63. The van der Waals surface area contributed by atoms with Crippen LogP contribution in [0.3, 0.4) is 0 Å². The van der Waals surface area contributed by atoms with Gasteiger partial charge < -0.3 is 5.32 Å². The normalized spacial score (nSPS) is 10.6. The molecule has 6 nitrogen and oxygen atoms in total. The van der Waals surface area contributed by atoms with Crippen LogP contribution in [0.1, 0.15) is 29.5 Å². The Labute approximate surface area is 141 Å². The summed E-state index contributed by atoms with van der Waals surface area (Å²) in [6, 6.07) is 9.39. The number of benzene rings is 1. The molecule has 0 aliphatic rings. The van der Waals surface area contributed by atoms with E-state index in [9.17, 15) is 9.59 Å². The van der Waals surface area contributed by atoms with Crippen LogP contribution >= 0.6 is 0 Å². The van der Waals surface area contributed by atoms with E-state index >= 15 is 0 Å². The van der Waals surface area contributed by atoms with Crippen molar-refractivity contribution in [3.63, 3.8) is 0 Å². The second-order valence-electron chi connectivity index (χ2n) is 5.45. The van der Waals surface area contributed by atoms with Gasteiger partial charge >= 0.3 is 0 Å². The molecule has 0 bridgehead atoms. The third kappa shape index (κ3) is 5.64. The van der Waals surface area contributed by atoms with Crippen LogP contribution in [0.5, 0.6) is 0 Å². The molecule has 0 unspecified atom stereocenters. The zero-order valence-electron chi connectivity index (χ0n) is 13.7. The molecular weight excluding hydrogens is 304 g/mol. The molecule has 0 aliphatic heterocycles. The molecule has 2 N–H and O–H groups in total. The number of aromatic nitrogens is 1. The first kappa shape index (κ1) is 17.3. The number of aryl methyl sites for hydroxylation is 2. The average molecular weight is 324 g/mol. The van der Waals surface area contributed by atoms with Gasteiger partial charge in [-0.25, -0.2) is 5.43 Å². The Balaban J connectivity index is 1.75. The Morgan fingerprint density at radius 2 is 1.96 bits per heavy atom. The van der Waals surface area contributed by atoms with E-state index in [4.69, 9.17) is 0 Å². The van der Waals surface area contributed by atoms with E-state index in [-0.39, 0.29) is 24.7 Å². The number of carbonyl (C=O) groups excluding carboxylic acids is 2. The summed E-state index contributed by atoms with van der Waals surface area (Å²) >= 11 is 0. The second-order valence-corrected chi connectivity index (χ2v) is 5.45. The van der Waals surface area contributed by atoms with Crippen molar-refractivity contribution in [1.29, 1.82) is 0 Å². The lowest BCUT2D eigenvalue weighted by atomic mass is 10.1. The Morgan fingerprint density at radius 1 is 1.17 bits per heavy atom. The van der Waals surface area contributed by atoms with Crippen LogP contribution in [-0.4, -0.2) is 23.0 Å². The Kier molecular flexibility index (Phi) is 6.19. The monoisotopic (exact) mass is 324 g/mol. The lowest BCUT2D eigenvalue weighted by molar-refractivity contribution is -0.124. The van der Waals surface area contributed by atoms with E-state index in [1.165, 1.54) is 6.21 Å². The largest absolute Gasteiger partial charge is 0.326 e. The van der Waals surface area contributed by atoms with Gasteiger partial charge in [-0.15, -0.1) is 0 Å². The number of pyridine rings is 1. The highest BCUT2D eigenvalue weighted by molar-refractivity contribution is 5.94. The summed E-state index contributed by atoms with van der Waals surface area (Å²) < 4.78 is 0. The van der Waals surface area contributed by atoms with Crippen LogP contribution in [0.25, 0.3) is 0 Å². The fraction of sp³-hybridized carbons (Fsp3) is 0.222. The molecule has 0 spiro atoms. The van der Waals surface area contributed by atoms with E-state index in [1.54, 1.807) is 18.5 Å². The van der Waals surface area contributed by atoms with Gasteiger partial charge in [-0.3, -0.25) is 14.6 Å². The second kappa shape index (κ2) is 8.57. The number of hydrazone groups is 1.